The van der Waals surface area contributed by atoms with E-state index in [9.17, 15) is 8.42 Å². The molecule has 0 aromatic carbocycles. The Balaban J connectivity index is 2.12. The van der Waals surface area contributed by atoms with E-state index in [0.717, 1.165) is 16.9 Å². The number of nitrogens with zero attached hydrogens (tertiary/aromatic N) is 2. The van der Waals surface area contributed by atoms with Gasteiger partial charge >= 0.3 is 0 Å². The molecule has 108 valence electrons. The predicted octanol–water partition coefficient (Wildman–Crippen LogP) is 2.56. The first kappa shape index (κ1) is 14.2. The predicted molar refractivity (Wildman–Crippen MR) is 83.5 cm³/mol. The third-order valence-corrected chi connectivity index (χ3v) is 7.32. The first-order valence-electron chi connectivity index (χ1n) is 6.31. The van der Waals surface area contributed by atoms with Crippen LogP contribution in [0.25, 0.3) is 0 Å². The molecule has 1 atom stereocenters. The molecule has 20 heavy (non-hydrogen) atoms. The Morgan fingerprint density at radius 1 is 1.25 bits per heavy atom. The molecule has 0 N–H and O–H groups in total. The SMILES string of the molecule is CN(C)S(=O)(=O)N1CCc2sccc2[C@@H]1c1cccs1. The van der Waals surface area contributed by atoms with Crippen molar-refractivity contribution in [3.63, 3.8) is 0 Å². The van der Waals surface area contributed by atoms with Crippen LogP contribution in [0.3, 0.4) is 0 Å². The molecule has 0 aliphatic carbocycles. The molecule has 0 amide bonds. The third kappa shape index (κ3) is 2.23. The summed E-state index contributed by atoms with van der Waals surface area (Å²) in [5.41, 5.74) is 1.13. The summed E-state index contributed by atoms with van der Waals surface area (Å²) in [5.74, 6) is 0. The largest absolute Gasteiger partial charge is 0.282 e. The van der Waals surface area contributed by atoms with Crippen molar-refractivity contribution in [2.45, 2.75) is 12.5 Å². The van der Waals surface area contributed by atoms with Gasteiger partial charge in [0.15, 0.2) is 0 Å². The molecule has 1 aliphatic rings. The van der Waals surface area contributed by atoms with E-state index >= 15 is 0 Å². The molecule has 0 spiro atoms. The molecule has 0 saturated carbocycles. The summed E-state index contributed by atoms with van der Waals surface area (Å²) >= 11 is 3.33. The van der Waals surface area contributed by atoms with Crippen LogP contribution in [-0.2, 0) is 16.6 Å². The molecule has 4 nitrogen and oxygen atoms in total. The topological polar surface area (TPSA) is 40.6 Å². The number of fused-ring (bicyclic) bond motifs is 1. The zero-order chi connectivity index (χ0) is 14.3. The van der Waals surface area contributed by atoms with Crippen LogP contribution in [-0.4, -0.2) is 37.7 Å². The van der Waals surface area contributed by atoms with Crippen LogP contribution < -0.4 is 0 Å². The van der Waals surface area contributed by atoms with E-state index in [1.165, 1.54) is 9.18 Å². The number of rotatable bonds is 3. The monoisotopic (exact) mass is 328 g/mol. The summed E-state index contributed by atoms with van der Waals surface area (Å²) in [6, 6.07) is 5.86. The fourth-order valence-corrected chi connectivity index (χ4v) is 5.55. The lowest BCUT2D eigenvalue weighted by molar-refractivity contribution is 0.325. The Morgan fingerprint density at radius 2 is 2.05 bits per heavy atom. The molecular weight excluding hydrogens is 312 g/mol. The number of hydrogen-bond donors (Lipinski definition) is 0. The third-order valence-electron chi connectivity index (χ3n) is 3.49. The lowest BCUT2D eigenvalue weighted by atomic mass is 10.0. The fraction of sp³-hybridized carbons (Fsp3) is 0.385. The molecule has 0 unspecified atom stereocenters. The standard InChI is InChI=1S/C13H16N2O2S3/c1-14(2)20(16,17)15-7-5-11-10(6-9-19-11)13(15)12-4-3-8-18-12/h3-4,6,8-9,13H,5,7H2,1-2H3/t13-/m1/s1. The quantitative estimate of drug-likeness (QED) is 0.869. The molecule has 2 aromatic heterocycles. The van der Waals surface area contributed by atoms with Gasteiger partial charge in [-0.15, -0.1) is 22.7 Å². The van der Waals surface area contributed by atoms with Gasteiger partial charge in [0.1, 0.15) is 0 Å². The molecule has 2 aromatic rings. The summed E-state index contributed by atoms with van der Waals surface area (Å²) in [6.07, 6.45) is 0.794. The Hall–Kier alpha value is -0.730. The minimum atomic E-state index is -3.42. The number of thiophene rings is 2. The van der Waals surface area contributed by atoms with E-state index in [1.807, 2.05) is 17.5 Å². The minimum Gasteiger partial charge on any atom is -0.195 e. The highest BCUT2D eigenvalue weighted by Gasteiger charge is 2.38. The molecule has 7 heteroatoms. The highest BCUT2D eigenvalue weighted by atomic mass is 32.2. The fourth-order valence-electron chi connectivity index (χ4n) is 2.49. The van der Waals surface area contributed by atoms with Crippen molar-refractivity contribution in [1.82, 2.24) is 8.61 Å². The van der Waals surface area contributed by atoms with Crippen LogP contribution in [0.4, 0.5) is 0 Å². The van der Waals surface area contributed by atoms with Gasteiger partial charge in [0.2, 0.25) is 0 Å². The van der Waals surface area contributed by atoms with E-state index in [1.54, 1.807) is 41.1 Å². The highest BCUT2D eigenvalue weighted by Crippen LogP contribution is 2.41. The summed E-state index contributed by atoms with van der Waals surface area (Å²) in [5, 5.41) is 4.05. The summed E-state index contributed by atoms with van der Waals surface area (Å²) in [4.78, 5) is 2.38. The van der Waals surface area contributed by atoms with Crippen molar-refractivity contribution in [2.24, 2.45) is 0 Å². The van der Waals surface area contributed by atoms with E-state index in [2.05, 4.69) is 11.4 Å². The molecule has 0 radical (unpaired) electrons. The molecule has 3 heterocycles. The molecule has 0 fully saturated rings. The zero-order valence-corrected chi connectivity index (χ0v) is 13.8. The van der Waals surface area contributed by atoms with Gasteiger partial charge in [0.05, 0.1) is 6.04 Å². The lowest BCUT2D eigenvalue weighted by Crippen LogP contribution is -2.45. The summed E-state index contributed by atoms with van der Waals surface area (Å²) < 4.78 is 28.1. The zero-order valence-electron chi connectivity index (χ0n) is 11.3. The molecule has 0 bridgehead atoms. The second-order valence-electron chi connectivity index (χ2n) is 4.87. The minimum absolute atomic E-state index is 0.183. The smallest absolute Gasteiger partial charge is 0.195 e. The average Bonchev–Trinajstić information content (AvgIpc) is 3.08. The number of hydrogen-bond acceptors (Lipinski definition) is 4. The Morgan fingerprint density at radius 3 is 2.70 bits per heavy atom. The Bertz CT molecular complexity index is 689. The van der Waals surface area contributed by atoms with Crippen LogP contribution in [0.5, 0.6) is 0 Å². The van der Waals surface area contributed by atoms with Gasteiger partial charge < -0.3 is 0 Å². The first-order chi connectivity index (χ1) is 9.51. The molecular formula is C13H16N2O2S3. The maximum Gasteiger partial charge on any atom is 0.282 e. The second-order valence-corrected chi connectivity index (χ2v) is 8.94. The van der Waals surface area contributed by atoms with Gasteiger partial charge in [-0.2, -0.15) is 17.0 Å². The van der Waals surface area contributed by atoms with E-state index in [-0.39, 0.29) is 6.04 Å². The van der Waals surface area contributed by atoms with Gasteiger partial charge in [-0.3, -0.25) is 0 Å². The molecule has 3 rings (SSSR count). The maximum atomic E-state index is 12.6. The second kappa shape index (κ2) is 5.23. The summed E-state index contributed by atoms with van der Waals surface area (Å²) in [6.45, 7) is 0.538. The van der Waals surface area contributed by atoms with Crippen molar-refractivity contribution < 1.29 is 8.42 Å². The van der Waals surface area contributed by atoms with Crippen LogP contribution >= 0.6 is 22.7 Å². The molecule has 1 aliphatic heterocycles. The molecule has 0 saturated heterocycles. The van der Waals surface area contributed by atoms with Crippen molar-refractivity contribution in [2.75, 3.05) is 20.6 Å². The first-order valence-corrected chi connectivity index (χ1v) is 9.46. The van der Waals surface area contributed by atoms with Gasteiger partial charge in [-0.1, -0.05) is 6.07 Å². The van der Waals surface area contributed by atoms with Gasteiger partial charge in [0, 0.05) is 30.4 Å². The summed E-state index contributed by atoms with van der Waals surface area (Å²) in [7, 11) is -0.243. The van der Waals surface area contributed by atoms with Crippen LogP contribution in [0, 0.1) is 0 Å². The van der Waals surface area contributed by atoms with Crippen LogP contribution in [0.1, 0.15) is 21.4 Å². The van der Waals surface area contributed by atoms with E-state index < -0.39 is 10.2 Å². The van der Waals surface area contributed by atoms with Crippen molar-refractivity contribution in [3.8, 4) is 0 Å². The normalized spacial score (nSPS) is 20.2. The lowest BCUT2D eigenvalue weighted by Gasteiger charge is -2.35. The average molecular weight is 328 g/mol. The van der Waals surface area contributed by atoms with Crippen LogP contribution in [0.2, 0.25) is 0 Å². The maximum absolute atomic E-state index is 12.6. The highest BCUT2D eigenvalue weighted by molar-refractivity contribution is 7.86. The van der Waals surface area contributed by atoms with Crippen molar-refractivity contribution >= 4 is 32.9 Å². The van der Waals surface area contributed by atoms with E-state index in [0.29, 0.717) is 6.54 Å². The van der Waals surface area contributed by atoms with Gasteiger partial charge in [-0.05, 0) is 34.9 Å². The Kier molecular flexibility index (Phi) is 3.72. The Labute approximate surface area is 127 Å². The van der Waals surface area contributed by atoms with Crippen molar-refractivity contribution in [3.05, 3.63) is 44.3 Å². The van der Waals surface area contributed by atoms with Crippen molar-refractivity contribution in [1.29, 1.82) is 0 Å². The van der Waals surface area contributed by atoms with Gasteiger partial charge in [-0.25, -0.2) is 0 Å². The van der Waals surface area contributed by atoms with Crippen LogP contribution in [0.15, 0.2) is 29.0 Å². The van der Waals surface area contributed by atoms with E-state index in [4.69, 9.17) is 0 Å². The van der Waals surface area contributed by atoms with Gasteiger partial charge in [0.25, 0.3) is 10.2 Å².